The molecule has 7 nitrogen and oxygen atoms in total. The zero-order valence-electron chi connectivity index (χ0n) is 22.4. The molecule has 0 saturated heterocycles. The molecule has 2 fully saturated rings. The second kappa shape index (κ2) is 9.78. The Bertz CT molecular complexity index is 1490. The highest BCUT2D eigenvalue weighted by Gasteiger charge is 2.45. The first-order chi connectivity index (χ1) is 19.2. The van der Waals surface area contributed by atoms with E-state index >= 15 is 0 Å². The van der Waals surface area contributed by atoms with Crippen molar-refractivity contribution >= 4 is 33.2 Å². The summed E-state index contributed by atoms with van der Waals surface area (Å²) >= 11 is 6.37. The molecule has 7 rings (SSSR count). The number of sulfonamides is 1. The third-order valence-corrected chi connectivity index (χ3v) is 11.5. The minimum atomic E-state index is -3.79. The van der Waals surface area contributed by atoms with Crippen LogP contribution in [-0.2, 0) is 21.9 Å². The topological polar surface area (TPSA) is 95.9 Å². The molecule has 5 aliphatic rings. The maximum absolute atomic E-state index is 13.2. The van der Waals surface area contributed by atoms with Gasteiger partial charge in [0, 0.05) is 29.1 Å². The lowest BCUT2D eigenvalue weighted by molar-refractivity contribution is 0.0455. The number of nitrogens with one attached hydrogen (secondary N) is 1. The molecular weight excluding hydrogens is 548 g/mol. The number of hydrogen-bond acceptors (Lipinski definition) is 6. The number of ether oxygens (including phenoxy) is 1. The van der Waals surface area contributed by atoms with Crippen LogP contribution < -0.4 is 14.4 Å². The van der Waals surface area contributed by atoms with Crippen molar-refractivity contribution in [2.24, 2.45) is 23.7 Å². The Labute approximate surface area is 240 Å². The normalized spacial score (nSPS) is 35.1. The first-order valence-corrected chi connectivity index (χ1v) is 16.4. The zero-order chi connectivity index (χ0) is 27.6. The van der Waals surface area contributed by atoms with Gasteiger partial charge in [0.2, 0.25) is 10.0 Å². The summed E-state index contributed by atoms with van der Waals surface area (Å²) in [6.45, 7) is 1.94. The van der Waals surface area contributed by atoms with E-state index in [9.17, 15) is 18.3 Å². The molecule has 9 heteroatoms. The summed E-state index contributed by atoms with van der Waals surface area (Å²) in [5.74, 6) is 0.531. The van der Waals surface area contributed by atoms with Crippen molar-refractivity contribution in [1.82, 2.24) is 4.72 Å². The summed E-state index contributed by atoms with van der Waals surface area (Å²) < 4.78 is 34.4. The summed E-state index contributed by atoms with van der Waals surface area (Å²) in [4.78, 5) is 15.5. The first-order valence-electron chi connectivity index (χ1n) is 14.4. The summed E-state index contributed by atoms with van der Waals surface area (Å²) in [7, 11) is -3.79. The van der Waals surface area contributed by atoms with Crippen molar-refractivity contribution in [3.05, 3.63) is 70.3 Å². The third-order valence-electron chi connectivity index (χ3n) is 9.88. The Kier molecular flexibility index (Phi) is 6.44. The molecule has 2 aromatic rings. The maximum Gasteiger partial charge on any atom is 0.264 e. The number of halogens is 1. The van der Waals surface area contributed by atoms with Gasteiger partial charge in [-0.25, -0.2) is 13.1 Å². The predicted molar refractivity (Wildman–Crippen MR) is 154 cm³/mol. The fourth-order valence-electron chi connectivity index (χ4n) is 7.43. The molecule has 2 bridgehead atoms. The Balaban J connectivity index is 1.29. The molecule has 0 unspecified atom stereocenters. The fraction of sp³-hybridized carbons (Fsp3) is 0.516. The number of benzene rings is 2. The van der Waals surface area contributed by atoms with Gasteiger partial charge >= 0.3 is 0 Å². The number of hydrogen-bond donors (Lipinski definition) is 2. The smallest absolute Gasteiger partial charge is 0.264 e. The number of carbonyl (C=O) groups is 1. The monoisotopic (exact) mass is 582 g/mol. The van der Waals surface area contributed by atoms with E-state index in [0.29, 0.717) is 30.4 Å². The van der Waals surface area contributed by atoms with Crippen LogP contribution in [0, 0.1) is 23.7 Å². The largest absolute Gasteiger partial charge is 0.490 e. The van der Waals surface area contributed by atoms with E-state index in [1.165, 1.54) is 11.1 Å². The van der Waals surface area contributed by atoms with Crippen molar-refractivity contribution in [3.8, 4) is 5.75 Å². The number of fused-ring (bicyclic) bond motifs is 5. The number of aliphatic hydroxyl groups excluding tert-OH is 1. The van der Waals surface area contributed by atoms with Crippen LogP contribution in [0.2, 0.25) is 5.02 Å². The van der Waals surface area contributed by atoms with Gasteiger partial charge in [-0.2, -0.15) is 0 Å². The second-order valence-corrected chi connectivity index (χ2v) is 14.7. The summed E-state index contributed by atoms with van der Waals surface area (Å²) in [6.07, 6.45) is 9.04. The molecule has 0 radical (unpaired) electrons. The molecule has 1 amide bonds. The van der Waals surface area contributed by atoms with Gasteiger partial charge in [-0.3, -0.25) is 4.79 Å². The SMILES string of the molecule is O=C1NS(=O)(=O)C[C@@H]2C[C@@H]2/C=C/[C@H](O)[C@@H]2CC[C@H]2CN2C[C@@]3(CCCc4cc(Cl)ccc43)COc3ccc1cc32. The van der Waals surface area contributed by atoms with Crippen LogP contribution in [0.4, 0.5) is 5.69 Å². The van der Waals surface area contributed by atoms with Crippen LogP contribution in [0.1, 0.15) is 53.6 Å². The highest BCUT2D eigenvalue weighted by atomic mass is 35.5. The van der Waals surface area contributed by atoms with E-state index in [1.54, 1.807) is 18.2 Å². The minimum absolute atomic E-state index is 0.0285. The van der Waals surface area contributed by atoms with E-state index in [-0.39, 0.29) is 28.9 Å². The van der Waals surface area contributed by atoms with Crippen LogP contribution >= 0.6 is 11.6 Å². The average molecular weight is 583 g/mol. The van der Waals surface area contributed by atoms with Gasteiger partial charge in [0.15, 0.2) is 0 Å². The number of rotatable bonds is 0. The number of amides is 1. The molecule has 2 saturated carbocycles. The van der Waals surface area contributed by atoms with Crippen molar-refractivity contribution in [3.63, 3.8) is 0 Å². The standard InChI is InChI=1S/C31H35ClN2O5S/c32-24-6-8-26-20(13-24)2-1-11-31(26)17-34-15-22-3-7-25(22)28(35)9-4-19-12-23(19)16-40(37,38)33-30(36)21-5-10-29(39-18-31)27(34)14-21/h4-6,8-10,13-14,19,22-23,25,28,35H,1-3,7,11-12,15-18H2,(H,33,36)/b9-4+/t19-,22-,23-,25+,28-,31-/m0/s1. The van der Waals surface area contributed by atoms with E-state index in [2.05, 4.69) is 21.8 Å². The lowest BCUT2D eigenvalue weighted by Crippen LogP contribution is -2.49. The van der Waals surface area contributed by atoms with Gasteiger partial charge in [0.1, 0.15) is 5.75 Å². The maximum atomic E-state index is 13.2. The lowest BCUT2D eigenvalue weighted by atomic mass is 9.68. The van der Waals surface area contributed by atoms with Gasteiger partial charge in [-0.05, 0) is 104 Å². The Hall–Kier alpha value is -2.55. The zero-order valence-corrected chi connectivity index (χ0v) is 24.0. The molecule has 3 aliphatic carbocycles. The molecule has 2 N–H and O–H groups in total. The van der Waals surface area contributed by atoms with Crippen molar-refractivity contribution in [2.45, 2.75) is 50.0 Å². The van der Waals surface area contributed by atoms with Crippen LogP contribution in [-0.4, -0.2) is 51.0 Å². The molecule has 2 heterocycles. The van der Waals surface area contributed by atoms with Crippen LogP contribution in [0.15, 0.2) is 48.6 Å². The highest BCUT2D eigenvalue weighted by molar-refractivity contribution is 7.90. The van der Waals surface area contributed by atoms with E-state index in [1.807, 2.05) is 18.2 Å². The molecule has 6 atom stereocenters. The first kappa shape index (κ1) is 26.4. The Morgan fingerprint density at radius 1 is 1.10 bits per heavy atom. The van der Waals surface area contributed by atoms with Gasteiger partial charge < -0.3 is 14.7 Å². The van der Waals surface area contributed by atoms with Crippen LogP contribution in [0.3, 0.4) is 0 Å². The third kappa shape index (κ3) is 4.82. The number of aliphatic hydroxyl groups is 1. The quantitative estimate of drug-likeness (QED) is 0.445. The van der Waals surface area contributed by atoms with Gasteiger partial charge in [-0.1, -0.05) is 29.8 Å². The highest BCUT2D eigenvalue weighted by Crippen LogP contribution is 2.47. The fourth-order valence-corrected chi connectivity index (χ4v) is 9.06. The number of allylic oxidation sites excluding steroid dienone is 1. The van der Waals surface area contributed by atoms with Crippen LogP contribution in [0.25, 0.3) is 0 Å². The Morgan fingerprint density at radius 3 is 2.80 bits per heavy atom. The summed E-state index contributed by atoms with van der Waals surface area (Å²) in [5.41, 5.74) is 3.37. The lowest BCUT2D eigenvalue weighted by Gasteiger charge is -2.45. The molecular formula is C31H35ClN2O5S. The van der Waals surface area contributed by atoms with Crippen molar-refractivity contribution < 1.29 is 23.1 Å². The molecule has 2 aliphatic heterocycles. The number of carbonyl (C=O) groups excluding carboxylic acids is 1. The van der Waals surface area contributed by atoms with E-state index in [4.69, 9.17) is 16.3 Å². The minimum Gasteiger partial charge on any atom is -0.490 e. The molecule has 0 aromatic heterocycles. The number of anilines is 1. The van der Waals surface area contributed by atoms with Crippen LogP contribution in [0.5, 0.6) is 5.75 Å². The molecule has 40 heavy (non-hydrogen) atoms. The van der Waals surface area contributed by atoms with E-state index in [0.717, 1.165) is 55.8 Å². The van der Waals surface area contributed by atoms with Gasteiger partial charge in [0.05, 0.1) is 24.2 Å². The second-order valence-electron chi connectivity index (χ2n) is 12.5. The number of aryl methyl sites for hydroxylation is 1. The predicted octanol–water partition coefficient (Wildman–Crippen LogP) is 4.47. The summed E-state index contributed by atoms with van der Waals surface area (Å²) in [5, 5.41) is 11.8. The van der Waals surface area contributed by atoms with Gasteiger partial charge in [-0.15, -0.1) is 0 Å². The molecule has 1 spiro atoms. The molecule has 2 aromatic carbocycles. The van der Waals surface area contributed by atoms with Crippen molar-refractivity contribution in [2.75, 3.05) is 30.3 Å². The average Bonchev–Trinajstić information content (AvgIpc) is 3.65. The van der Waals surface area contributed by atoms with Crippen molar-refractivity contribution in [1.29, 1.82) is 0 Å². The van der Waals surface area contributed by atoms with E-state index < -0.39 is 22.0 Å². The van der Waals surface area contributed by atoms with Gasteiger partial charge in [0.25, 0.3) is 5.91 Å². The Morgan fingerprint density at radius 2 is 1.98 bits per heavy atom. The number of nitrogens with zero attached hydrogens (tertiary/aromatic N) is 1. The molecule has 212 valence electrons. The summed E-state index contributed by atoms with van der Waals surface area (Å²) in [6, 6.07) is 11.4.